The molecule has 19 N–H and O–H groups in total. The van der Waals surface area contributed by atoms with Gasteiger partial charge in [0.05, 0.1) is 76.6 Å². The van der Waals surface area contributed by atoms with Gasteiger partial charge in [-0.2, -0.15) is 0 Å². The molecule has 34 heteroatoms. The van der Waals surface area contributed by atoms with Crippen LogP contribution >= 0.6 is 0 Å². The summed E-state index contributed by atoms with van der Waals surface area (Å²) < 4.78 is 83.5. The Morgan fingerprint density at radius 1 is 0.495 bits per heavy atom. The van der Waals surface area contributed by atoms with Crippen LogP contribution in [-0.4, -0.2) is 346 Å². The quantitative estimate of drug-likeness (QED) is 0.0366. The molecule has 7 saturated heterocycles. The van der Waals surface area contributed by atoms with Crippen LogP contribution in [0.1, 0.15) is 106 Å². The lowest BCUT2D eigenvalue weighted by Crippen LogP contribution is -2.70. The molecule has 0 aromatic heterocycles. The first kappa shape index (κ1) is 78.5. The number of carbonyl (C=O) groups excluding carboxylic acids is 1. The molecule has 0 amide bonds. The average molecular weight is 1460 g/mol. The summed E-state index contributed by atoms with van der Waals surface area (Å²) in [6.45, 7) is 9.39. The fourth-order valence-corrected chi connectivity index (χ4v) is 19.7. The molecule has 580 valence electrons. The van der Waals surface area contributed by atoms with Gasteiger partial charge in [-0.1, -0.05) is 53.2 Å². The molecular weight excluding hydrogens is 1350 g/mol. The highest BCUT2D eigenvalue weighted by Gasteiger charge is 2.72. The van der Waals surface area contributed by atoms with Crippen molar-refractivity contribution in [2.75, 3.05) is 52.9 Å². The van der Waals surface area contributed by atoms with Crippen molar-refractivity contribution in [1.82, 2.24) is 0 Å². The molecule has 0 bridgehead atoms. The zero-order valence-corrected chi connectivity index (χ0v) is 57.8. The first-order valence-corrected chi connectivity index (χ1v) is 35.5. The van der Waals surface area contributed by atoms with Gasteiger partial charge in [0, 0.05) is 5.41 Å². The summed E-state index contributed by atoms with van der Waals surface area (Å²) >= 11 is 0. The molecule has 5 aliphatic carbocycles. The number of allylic oxidation sites excluding steroid dienone is 2. The van der Waals surface area contributed by atoms with E-state index in [0.717, 1.165) is 5.57 Å². The Hall–Kier alpha value is -2.07. The Kier molecular flexibility index (Phi) is 22.8. The minimum absolute atomic E-state index is 0.119. The fraction of sp³-hybridized carbons (Fsp3) is 0.955. The number of hydrogen-bond donors (Lipinski definition) is 19. The van der Waals surface area contributed by atoms with Gasteiger partial charge in [-0.25, -0.2) is 0 Å². The Labute approximate surface area is 583 Å². The number of hydrogen-bond acceptors (Lipinski definition) is 34. The van der Waals surface area contributed by atoms with Gasteiger partial charge in [-0.15, -0.1) is 0 Å². The van der Waals surface area contributed by atoms with E-state index in [1.54, 1.807) is 0 Å². The highest BCUT2D eigenvalue weighted by molar-refractivity contribution is 5.79. The van der Waals surface area contributed by atoms with Gasteiger partial charge in [0.2, 0.25) is 6.29 Å². The molecule has 0 spiro atoms. The van der Waals surface area contributed by atoms with Crippen LogP contribution in [0.5, 0.6) is 0 Å². The second kappa shape index (κ2) is 29.4. The van der Waals surface area contributed by atoms with Crippen LogP contribution in [0.2, 0.25) is 0 Å². The molecule has 12 aliphatic rings. The maximum absolute atomic E-state index is 15.7. The summed E-state index contributed by atoms with van der Waals surface area (Å²) in [5.74, 6) is -1.50. The second-order valence-corrected chi connectivity index (χ2v) is 32.6. The van der Waals surface area contributed by atoms with E-state index in [0.29, 0.717) is 51.4 Å². The minimum atomic E-state index is -2.13. The molecule has 39 atom stereocenters. The first-order valence-electron chi connectivity index (χ1n) is 35.5. The van der Waals surface area contributed by atoms with Crippen molar-refractivity contribution in [2.24, 2.45) is 50.2 Å². The zero-order chi connectivity index (χ0) is 73.3. The molecule has 0 aromatic carbocycles. The molecule has 12 rings (SSSR count). The minimum Gasteiger partial charge on any atom is -0.432 e. The third kappa shape index (κ3) is 13.5. The molecule has 7 aliphatic heterocycles. The van der Waals surface area contributed by atoms with Gasteiger partial charge in [0.15, 0.2) is 43.8 Å². The van der Waals surface area contributed by atoms with Crippen molar-refractivity contribution in [1.29, 1.82) is 0 Å². The smallest absolute Gasteiger partial charge is 0.315 e. The molecule has 11 fully saturated rings. The molecule has 0 radical (unpaired) electrons. The summed E-state index contributed by atoms with van der Waals surface area (Å²) in [5.41, 5.74) is -5.42. The molecular formula is C67H108O34. The SMILES string of the molecule is C[C@@H]1O[C@@H](O[C@@H]2[C@@H](OC(=O)[C@]34CCC(C)(C)C[C@H]3C3=CC[C@@H]5[C@@]6(C)C[C@H](O)[C@H](O[C@@H]7O[C@H](CO)[C@@H](O)[C@H](O[C@@H]8OC[C@@H](O)[C@H](O)[C@H]8O)[C@H]7O)[C@@](C)(CO)[C@@H]6CC[C@@]5(C)[C@]3(C)CC4)OC[C@H](O)[C@H]2O)[C@H](O)[C@@H](OC2OC[C@H](O)[C@H](O)[C@H]2O)[C@H]1O[C@@H]1OC[C@@H](O)[C@H](O[C@@H]2OC[C@](O)(CO)[C@H]2O)[C@H]1O. The number of esters is 1. The molecule has 0 aromatic rings. The second-order valence-electron chi connectivity index (χ2n) is 32.6. The van der Waals surface area contributed by atoms with Crippen LogP contribution in [0.3, 0.4) is 0 Å². The maximum atomic E-state index is 15.7. The van der Waals surface area contributed by atoms with Crippen molar-refractivity contribution in [3.63, 3.8) is 0 Å². The fourth-order valence-electron chi connectivity index (χ4n) is 19.7. The van der Waals surface area contributed by atoms with Crippen molar-refractivity contribution >= 4 is 5.97 Å². The predicted octanol–water partition coefficient (Wildman–Crippen LogP) is -6.39. The maximum Gasteiger partial charge on any atom is 0.315 e. The number of rotatable bonds is 17. The Morgan fingerprint density at radius 3 is 1.64 bits per heavy atom. The van der Waals surface area contributed by atoms with E-state index < -0.39 is 282 Å². The molecule has 4 saturated carbocycles. The zero-order valence-electron chi connectivity index (χ0n) is 57.8. The summed E-state index contributed by atoms with van der Waals surface area (Å²) in [6, 6.07) is 0. The number of carbonyl (C=O) groups is 1. The molecule has 1 unspecified atom stereocenters. The van der Waals surface area contributed by atoms with E-state index in [1.807, 2.05) is 6.92 Å². The number of aliphatic hydroxyl groups is 19. The van der Waals surface area contributed by atoms with Crippen LogP contribution in [0.4, 0.5) is 0 Å². The molecule has 34 nitrogen and oxygen atoms in total. The van der Waals surface area contributed by atoms with Crippen molar-refractivity contribution in [2.45, 2.75) is 296 Å². The summed E-state index contributed by atoms with van der Waals surface area (Å²) in [4.78, 5) is 15.7. The largest absolute Gasteiger partial charge is 0.432 e. The van der Waals surface area contributed by atoms with Crippen molar-refractivity contribution < 1.29 is 168 Å². The number of ether oxygens (including phenoxy) is 14. The predicted molar refractivity (Wildman–Crippen MR) is 332 cm³/mol. The van der Waals surface area contributed by atoms with Crippen molar-refractivity contribution in [3.8, 4) is 0 Å². The average Bonchev–Trinajstić information content (AvgIpc) is 0.946. The van der Waals surface area contributed by atoms with E-state index in [2.05, 4.69) is 40.7 Å². The van der Waals surface area contributed by atoms with Gasteiger partial charge in [0.1, 0.15) is 122 Å². The number of aliphatic hydroxyl groups excluding tert-OH is 18. The summed E-state index contributed by atoms with van der Waals surface area (Å²) in [6.07, 6.45) is -43.9. The normalized spacial score (nSPS) is 55.3. The lowest BCUT2D eigenvalue weighted by atomic mass is 9.33. The third-order valence-electron chi connectivity index (χ3n) is 26.0. The highest BCUT2D eigenvalue weighted by Crippen LogP contribution is 2.76. The van der Waals surface area contributed by atoms with Crippen LogP contribution in [0, 0.1) is 50.2 Å². The van der Waals surface area contributed by atoms with E-state index >= 15 is 4.79 Å². The van der Waals surface area contributed by atoms with E-state index in [4.69, 9.17) is 66.3 Å². The van der Waals surface area contributed by atoms with Crippen LogP contribution in [-0.2, 0) is 71.1 Å². The third-order valence-corrected chi connectivity index (χ3v) is 26.0. The Morgan fingerprint density at radius 2 is 1.03 bits per heavy atom. The lowest BCUT2D eigenvalue weighted by Gasteiger charge is -2.72. The Balaban J connectivity index is 0.771. The summed E-state index contributed by atoms with van der Waals surface area (Å²) in [5, 5.41) is 210. The van der Waals surface area contributed by atoms with E-state index in [1.165, 1.54) is 6.92 Å². The van der Waals surface area contributed by atoms with Gasteiger partial charge in [-0.3, -0.25) is 4.79 Å². The standard InChI is InChI=1S/C67H108O34/c1-26-46(95-55-43(82)47(33(75)22-90-55)96-59-51(85)67(87,24-70)25-92-59)49(98-54-42(81)38(77)31(73)20-89-54)45(84)56(93-26)99-50-39(78)32(74)21-91-58(50)101-60(86)66-14-12-61(2,3)16-28(66)27-8-9-36-62(4)17-29(71)52(63(5,23-69)35(62)10-11-65(36,7)64(27,6)13-15-66)100-57-44(83)48(40(79)34(18-68)94-57)97-53-41(80)37(76)30(72)19-88-53/h8,26,28-59,68-85,87H,9-25H2,1-7H3/t26-,28-,29-,30+,31-,32-,33+,34+,35+,36+,37-,38-,39+,40+,41+,42+,43+,44+,45+,46-,47-,48-,49+,50-,51-,52-,53-,54?,55-,56-,57-,58+,59-,62-,63-,64+,65+,66-,67+/m0/s1. The lowest BCUT2D eigenvalue weighted by molar-refractivity contribution is -0.390. The van der Waals surface area contributed by atoms with Gasteiger partial charge in [-0.05, 0) is 104 Å². The number of fused-ring (bicyclic) bond motifs is 7. The molecule has 7 heterocycles. The van der Waals surface area contributed by atoms with Crippen LogP contribution in [0.15, 0.2) is 11.6 Å². The van der Waals surface area contributed by atoms with E-state index in [-0.39, 0.29) is 23.7 Å². The van der Waals surface area contributed by atoms with Gasteiger partial charge >= 0.3 is 5.97 Å². The van der Waals surface area contributed by atoms with Gasteiger partial charge < -0.3 is 163 Å². The first-order chi connectivity index (χ1) is 47.5. The van der Waals surface area contributed by atoms with Crippen LogP contribution < -0.4 is 0 Å². The monoisotopic (exact) mass is 1460 g/mol. The molecule has 101 heavy (non-hydrogen) atoms. The summed E-state index contributed by atoms with van der Waals surface area (Å²) in [7, 11) is 0. The van der Waals surface area contributed by atoms with Crippen molar-refractivity contribution in [3.05, 3.63) is 11.6 Å². The highest BCUT2D eigenvalue weighted by atomic mass is 16.8. The van der Waals surface area contributed by atoms with E-state index in [9.17, 15) is 97.0 Å². The van der Waals surface area contributed by atoms with Gasteiger partial charge in [0.25, 0.3) is 0 Å². The topological polar surface area (TPSA) is 531 Å². The van der Waals surface area contributed by atoms with Crippen LogP contribution in [0.25, 0.3) is 0 Å². The Bertz CT molecular complexity index is 2880.